The number of aryl methyl sites for hydroxylation is 2. The predicted molar refractivity (Wildman–Crippen MR) is 117 cm³/mol. The summed E-state index contributed by atoms with van der Waals surface area (Å²) in [6.45, 7) is 2.17. The van der Waals surface area contributed by atoms with Gasteiger partial charge in [-0.1, -0.05) is 62.6 Å². The molecule has 1 N–H and O–H groups in total. The van der Waals surface area contributed by atoms with Crippen LogP contribution in [0.4, 0.5) is 0 Å². The van der Waals surface area contributed by atoms with E-state index >= 15 is 0 Å². The Labute approximate surface area is 174 Å². The quantitative estimate of drug-likeness (QED) is 0.735. The Bertz CT molecular complexity index is 834. The Morgan fingerprint density at radius 2 is 1.59 bits per heavy atom. The number of aromatic hydroxyl groups is 1. The zero-order chi connectivity index (χ0) is 20.4. The summed E-state index contributed by atoms with van der Waals surface area (Å²) in [6, 6.07) is 16.4. The van der Waals surface area contributed by atoms with Crippen LogP contribution in [0.3, 0.4) is 0 Å². The van der Waals surface area contributed by atoms with Crippen molar-refractivity contribution in [3.8, 4) is 5.75 Å². The summed E-state index contributed by atoms with van der Waals surface area (Å²) in [7, 11) is 2.15. The molecule has 2 atom stereocenters. The first-order valence-corrected chi connectivity index (χ1v) is 11.2. The minimum absolute atomic E-state index is 0.00787. The number of carbonyl (C=O) groups is 1. The Balaban J connectivity index is 1.61. The number of likely N-dealkylation sites (N-methyl/N-ethyl adjacent to an activating group) is 1. The monoisotopic (exact) mass is 391 g/mol. The summed E-state index contributed by atoms with van der Waals surface area (Å²) < 4.78 is 0. The number of Topliss-reactive ketones (excluding diaryl/α,β-unsaturated/α-hetero) is 1. The van der Waals surface area contributed by atoms with Crippen LogP contribution < -0.4 is 0 Å². The van der Waals surface area contributed by atoms with E-state index in [0.717, 1.165) is 50.5 Å². The molecule has 29 heavy (non-hydrogen) atoms. The lowest BCUT2D eigenvalue weighted by molar-refractivity contribution is -0.128. The van der Waals surface area contributed by atoms with E-state index in [9.17, 15) is 9.90 Å². The van der Waals surface area contributed by atoms with Crippen molar-refractivity contribution in [2.45, 2.75) is 69.9 Å². The number of hydrogen-bond acceptors (Lipinski definition) is 3. The van der Waals surface area contributed by atoms with Gasteiger partial charge in [-0.2, -0.15) is 0 Å². The molecular formula is C26H33NO2. The van der Waals surface area contributed by atoms with Crippen molar-refractivity contribution in [1.82, 2.24) is 4.90 Å². The second-order valence-electron chi connectivity index (χ2n) is 8.92. The molecule has 2 aromatic rings. The van der Waals surface area contributed by atoms with Crippen molar-refractivity contribution in [3.05, 3.63) is 65.2 Å². The van der Waals surface area contributed by atoms with E-state index in [0.29, 0.717) is 5.78 Å². The van der Waals surface area contributed by atoms with Crippen LogP contribution in [0.25, 0.3) is 0 Å². The molecule has 1 heterocycles. The molecule has 154 valence electrons. The van der Waals surface area contributed by atoms with Gasteiger partial charge in [0.15, 0.2) is 5.78 Å². The van der Waals surface area contributed by atoms with Crippen LogP contribution in [0.15, 0.2) is 48.5 Å². The fraction of sp³-hybridized carbons (Fsp3) is 0.500. The molecule has 3 nitrogen and oxygen atoms in total. The number of nitrogens with zero attached hydrogens (tertiary/aromatic N) is 1. The van der Waals surface area contributed by atoms with Crippen LogP contribution in [0, 0.1) is 5.92 Å². The van der Waals surface area contributed by atoms with Crippen LogP contribution >= 0.6 is 0 Å². The number of phenolic OH excluding ortho intramolecular Hbond substituents is 1. The second-order valence-corrected chi connectivity index (χ2v) is 8.92. The summed E-state index contributed by atoms with van der Waals surface area (Å²) >= 11 is 0. The summed E-state index contributed by atoms with van der Waals surface area (Å²) in [6.07, 6.45) is 8.35. The molecule has 1 saturated heterocycles. The van der Waals surface area contributed by atoms with Gasteiger partial charge in [0.25, 0.3) is 0 Å². The fourth-order valence-corrected chi connectivity index (χ4v) is 5.61. The lowest BCUT2D eigenvalue weighted by Crippen LogP contribution is -2.48. The van der Waals surface area contributed by atoms with E-state index in [4.69, 9.17) is 0 Å². The fourth-order valence-electron chi connectivity index (χ4n) is 5.61. The molecule has 3 heteroatoms. The van der Waals surface area contributed by atoms with Gasteiger partial charge in [-0.3, -0.25) is 9.69 Å². The summed E-state index contributed by atoms with van der Waals surface area (Å²) in [5.74, 6) is 0.733. The normalized spacial score (nSPS) is 24.3. The third-order valence-corrected chi connectivity index (χ3v) is 7.36. The lowest BCUT2D eigenvalue weighted by Gasteiger charge is -2.40. The highest BCUT2D eigenvalue weighted by atomic mass is 16.3. The number of benzene rings is 2. The molecule has 1 aliphatic heterocycles. The van der Waals surface area contributed by atoms with Gasteiger partial charge in [-0.05, 0) is 68.0 Å². The third kappa shape index (κ3) is 3.73. The average molecular weight is 392 g/mol. The number of hydrogen-bond donors (Lipinski definition) is 1. The largest absolute Gasteiger partial charge is 0.508 e. The molecule has 1 aliphatic carbocycles. The molecule has 2 unspecified atom stereocenters. The van der Waals surface area contributed by atoms with Gasteiger partial charge in [-0.25, -0.2) is 0 Å². The van der Waals surface area contributed by atoms with Gasteiger partial charge in [0.1, 0.15) is 5.75 Å². The van der Waals surface area contributed by atoms with E-state index in [1.54, 1.807) is 12.1 Å². The van der Waals surface area contributed by atoms with Gasteiger partial charge < -0.3 is 5.11 Å². The van der Waals surface area contributed by atoms with Crippen molar-refractivity contribution in [2.75, 3.05) is 7.05 Å². The van der Waals surface area contributed by atoms with Gasteiger partial charge >= 0.3 is 0 Å². The minimum atomic E-state index is -0.294. The molecule has 0 bridgehead atoms. The Kier molecular flexibility index (Phi) is 5.78. The summed E-state index contributed by atoms with van der Waals surface area (Å²) in [5.41, 5.74) is 3.52. The molecule has 2 aliphatic rings. The zero-order valence-electron chi connectivity index (χ0n) is 17.7. The van der Waals surface area contributed by atoms with E-state index in [1.165, 1.54) is 17.5 Å². The Hall–Kier alpha value is -2.13. The highest BCUT2D eigenvalue weighted by Crippen LogP contribution is 2.50. The van der Waals surface area contributed by atoms with Crippen molar-refractivity contribution >= 4 is 5.78 Å². The van der Waals surface area contributed by atoms with Crippen molar-refractivity contribution in [3.63, 3.8) is 0 Å². The number of rotatable bonds is 5. The van der Waals surface area contributed by atoms with Crippen molar-refractivity contribution < 1.29 is 9.90 Å². The maximum Gasteiger partial charge on any atom is 0.158 e. The third-order valence-electron chi connectivity index (χ3n) is 7.36. The van der Waals surface area contributed by atoms with Gasteiger partial charge in [0.05, 0.1) is 5.54 Å². The number of likely N-dealkylation sites (tertiary alicyclic amines) is 1. The van der Waals surface area contributed by atoms with Crippen LogP contribution in [-0.4, -0.2) is 28.4 Å². The molecule has 1 saturated carbocycles. The highest BCUT2D eigenvalue weighted by molar-refractivity contribution is 5.93. The van der Waals surface area contributed by atoms with Crippen LogP contribution in [0.5, 0.6) is 5.75 Å². The Morgan fingerprint density at radius 1 is 0.966 bits per heavy atom. The number of carbonyl (C=O) groups excluding carboxylic acids is 1. The first-order valence-electron chi connectivity index (χ1n) is 11.2. The summed E-state index contributed by atoms with van der Waals surface area (Å²) in [4.78, 5) is 16.2. The molecule has 2 aromatic carbocycles. The standard InChI is InChI=1S/C26H33NO2/c1-3-19-7-9-20(10-8-19)11-16-23-24(21-12-14-22(28)15-13-21)27(2)26(25(23)29)17-5-4-6-18-26/h7-10,12-15,23-24,28H,3-6,11,16-18H2,1-2H3. The molecule has 0 amide bonds. The Morgan fingerprint density at radius 3 is 2.21 bits per heavy atom. The maximum atomic E-state index is 13.8. The van der Waals surface area contributed by atoms with E-state index < -0.39 is 0 Å². The minimum Gasteiger partial charge on any atom is -0.508 e. The smallest absolute Gasteiger partial charge is 0.158 e. The molecule has 0 radical (unpaired) electrons. The van der Waals surface area contributed by atoms with Gasteiger partial charge in [0.2, 0.25) is 0 Å². The van der Waals surface area contributed by atoms with Crippen molar-refractivity contribution in [1.29, 1.82) is 0 Å². The number of phenols is 1. The first-order chi connectivity index (χ1) is 14.0. The SMILES string of the molecule is CCc1ccc(CCC2C(=O)C3(CCCCC3)N(C)C2c2ccc(O)cc2)cc1. The zero-order valence-corrected chi connectivity index (χ0v) is 17.7. The van der Waals surface area contributed by atoms with Crippen molar-refractivity contribution in [2.24, 2.45) is 5.92 Å². The van der Waals surface area contributed by atoms with Crippen LogP contribution in [-0.2, 0) is 17.6 Å². The molecular weight excluding hydrogens is 358 g/mol. The average Bonchev–Trinajstić information content (AvgIpc) is 2.95. The highest BCUT2D eigenvalue weighted by Gasteiger charge is 2.56. The van der Waals surface area contributed by atoms with E-state index in [2.05, 4.69) is 43.1 Å². The van der Waals surface area contributed by atoms with Crippen LogP contribution in [0.2, 0.25) is 0 Å². The first kappa shape index (κ1) is 20.2. The van der Waals surface area contributed by atoms with Gasteiger partial charge in [-0.15, -0.1) is 0 Å². The predicted octanol–water partition coefficient (Wildman–Crippen LogP) is 5.46. The summed E-state index contributed by atoms with van der Waals surface area (Å²) in [5, 5.41) is 9.74. The van der Waals surface area contributed by atoms with Crippen LogP contribution in [0.1, 0.15) is 68.2 Å². The van der Waals surface area contributed by atoms with E-state index in [1.807, 2.05) is 12.1 Å². The second kappa shape index (κ2) is 8.31. The van der Waals surface area contributed by atoms with Gasteiger partial charge in [0, 0.05) is 12.0 Å². The molecule has 2 fully saturated rings. The lowest BCUT2D eigenvalue weighted by atomic mass is 9.76. The molecule has 1 spiro atoms. The maximum absolute atomic E-state index is 13.8. The van der Waals surface area contributed by atoms with E-state index in [-0.39, 0.29) is 23.2 Å². The molecule has 4 rings (SSSR count). The molecule has 0 aromatic heterocycles. The topological polar surface area (TPSA) is 40.5 Å². The number of ketones is 1.